The number of rotatable bonds is 7. The lowest BCUT2D eigenvalue weighted by Gasteiger charge is -2.59. The number of aliphatic hydroxyl groups is 2. The van der Waals surface area contributed by atoms with Gasteiger partial charge in [0.1, 0.15) is 5.60 Å². The van der Waals surface area contributed by atoms with E-state index in [1.807, 2.05) is 31.2 Å². The monoisotopic (exact) mass is 668 g/mol. The van der Waals surface area contributed by atoms with Crippen LogP contribution in [0.15, 0.2) is 47.8 Å². The van der Waals surface area contributed by atoms with E-state index in [1.165, 1.54) is 6.92 Å². The number of nitrogens with one attached hydrogen (secondary N) is 2. The summed E-state index contributed by atoms with van der Waals surface area (Å²) in [7, 11) is 0. The molecule has 47 heavy (non-hydrogen) atoms. The summed E-state index contributed by atoms with van der Waals surface area (Å²) in [5.74, 6) is -7.03. The molecule has 1 heterocycles. The zero-order valence-corrected chi connectivity index (χ0v) is 27.8. The Hall–Kier alpha value is -2.21. The first-order valence-corrected chi connectivity index (χ1v) is 17.0. The molecule has 11 heteroatoms. The molecular weight excluding hydrogens is 619 g/mol. The van der Waals surface area contributed by atoms with Crippen molar-refractivity contribution in [2.24, 2.45) is 22.7 Å². The molecule has 1 saturated heterocycles. The van der Waals surface area contributed by atoms with E-state index >= 15 is 8.78 Å². The molecule has 6 atom stereocenters. The summed E-state index contributed by atoms with van der Waals surface area (Å²) in [5, 5.41) is 30.2. The SMILES string of the molecule is C=C(NCC)NCc1ccc([C@H]2CC3(C)C(CCC3(O)C(F)(F)C(F)(F)F)C3CCC4(O)CC5(CCC4=C32)OCC(C)(C)CO5)cc1. The Bertz CT molecular complexity index is 1400. The number of alkyl halides is 5. The molecule has 6 nitrogen and oxygen atoms in total. The Kier molecular flexibility index (Phi) is 8.42. The maximum absolute atomic E-state index is 15.4. The van der Waals surface area contributed by atoms with Crippen LogP contribution < -0.4 is 10.6 Å². The van der Waals surface area contributed by atoms with Crippen molar-refractivity contribution in [3.63, 3.8) is 0 Å². The van der Waals surface area contributed by atoms with Gasteiger partial charge in [-0.15, -0.1) is 0 Å². The number of halogens is 5. The Morgan fingerprint density at radius 1 is 0.957 bits per heavy atom. The molecule has 1 spiro atoms. The smallest absolute Gasteiger partial charge is 0.385 e. The lowest BCUT2D eigenvalue weighted by molar-refractivity contribution is -0.362. The van der Waals surface area contributed by atoms with Crippen LogP contribution in [0.2, 0.25) is 0 Å². The molecule has 3 saturated carbocycles. The van der Waals surface area contributed by atoms with Gasteiger partial charge in [-0.2, -0.15) is 22.0 Å². The Morgan fingerprint density at radius 3 is 2.23 bits per heavy atom. The van der Waals surface area contributed by atoms with E-state index in [1.54, 1.807) is 0 Å². The second-order valence-corrected chi connectivity index (χ2v) is 15.8. The maximum atomic E-state index is 15.4. The predicted octanol–water partition coefficient (Wildman–Crippen LogP) is 7.08. The van der Waals surface area contributed by atoms with Crippen molar-refractivity contribution in [3.05, 3.63) is 58.9 Å². The van der Waals surface area contributed by atoms with Crippen LogP contribution in [0.4, 0.5) is 22.0 Å². The van der Waals surface area contributed by atoms with Gasteiger partial charge in [0.2, 0.25) is 0 Å². The number of fused-ring (bicyclic) bond motifs is 4. The fourth-order valence-electron chi connectivity index (χ4n) is 9.66. The third-order valence-corrected chi connectivity index (χ3v) is 12.2. The van der Waals surface area contributed by atoms with Crippen LogP contribution in [-0.4, -0.2) is 59.1 Å². The zero-order valence-electron chi connectivity index (χ0n) is 27.8. The van der Waals surface area contributed by atoms with Crippen molar-refractivity contribution in [1.29, 1.82) is 0 Å². The average molecular weight is 669 g/mol. The summed E-state index contributed by atoms with van der Waals surface area (Å²) in [5.41, 5.74) is -2.88. The number of hydrogen-bond acceptors (Lipinski definition) is 6. The Labute approximate surface area is 274 Å². The van der Waals surface area contributed by atoms with Crippen molar-refractivity contribution >= 4 is 0 Å². The predicted molar refractivity (Wildman–Crippen MR) is 167 cm³/mol. The lowest BCUT2D eigenvalue weighted by atomic mass is 9.49. The fourth-order valence-corrected chi connectivity index (χ4v) is 9.66. The summed E-state index contributed by atoms with van der Waals surface area (Å²) in [6.07, 6.45) is -4.61. The van der Waals surface area contributed by atoms with Crippen LogP contribution >= 0.6 is 0 Å². The van der Waals surface area contributed by atoms with E-state index in [4.69, 9.17) is 9.47 Å². The van der Waals surface area contributed by atoms with Gasteiger partial charge in [-0.1, -0.05) is 57.2 Å². The highest BCUT2D eigenvalue weighted by atomic mass is 19.4. The minimum Gasteiger partial charge on any atom is -0.385 e. The van der Waals surface area contributed by atoms with Gasteiger partial charge < -0.3 is 30.3 Å². The standard InChI is InChI=1S/C36H49F5N2O4/c1-6-42-22(2)43-18-23-7-9-24(10-8-23)26-17-31(5)27(13-16-34(31,45)35(37,38)36(39,40)41)25-11-14-32(44)19-33(15-12-28(32)29(25)26)46-20-30(3,4)21-47-33/h7-10,25-27,42-45H,2,6,11-21H2,1,3-5H3/t25?,26-,27?,31?,32?,34?/m1/s1. The van der Waals surface area contributed by atoms with Crippen molar-refractivity contribution < 1.29 is 41.6 Å². The number of allylic oxidation sites excluding steroid dienone is 1. The van der Waals surface area contributed by atoms with Crippen LogP contribution in [0.5, 0.6) is 0 Å². The highest BCUT2D eigenvalue weighted by Gasteiger charge is 2.79. The molecule has 5 aliphatic rings. The molecule has 1 aromatic rings. The van der Waals surface area contributed by atoms with Crippen molar-refractivity contribution in [1.82, 2.24) is 10.6 Å². The van der Waals surface area contributed by atoms with Crippen LogP contribution in [0.25, 0.3) is 0 Å². The lowest BCUT2D eigenvalue weighted by Crippen LogP contribution is -2.65. The third-order valence-electron chi connectivity index (χ3n) is 12.2. The van der Waals surface area contributed by atoms with E-state index < -0.39 is 52.8 Å². The normalized spacial score (nSPS) is 36.4. The highest BCUT2D eigenvalue weighted by Crippen LogP contribution is 2.71. The first-order valence-electron chi connectivity index (χ1n) is 17.0. The van der Waals surface area contributed by atoms with Crippen LogP contribution in [-0.2, 0) is 16.0 Å². The van der Waals surface area contributed by atoms with Gasteiger partial charge in [0.05, 0.1) is 24.6 Å². The number of ether oxygens (including phenoxy) is 2. The van der Waals surface area contributed by atoms with Gasteiger partial charge in [-0.05, 0) is 74.0 Å². The van der Waals surface area contributed by atoms with Gasteiger partial charge in [0.15, 0.2) is 5.79 Å². The largest absolute Gasteiger partial charge is 0.456 e. The van der Waals surface area contributed by atoms with Gasteiger partial charge >= 0.3 is 12.1 Å². The summed E-state index contributed by atoms with van der Waals surface area (Å²) in [6, 6.07) is 7.63. The molecule has 0 radical (unpaired) electrons. The van der Waals surface area contributed by atoms with Crippen molar-refractivity contribution in [3.8, 4) is 0 Å². The summed E-state index contributed by atoms with van der Waals surface area (Å²) >= 11 is 0. The number of benzene rings is 1. The van der Waals surface area contributed by atoms with E-state index in [-0.39, 0.29) is 30.6 Å². The van der Waals surface area contributed by atoms with Gasteiger partial charge in [0, 0.05) is 42.7 Å². The quantitative estimate of drug-likeness (QED) is 0.184. The zero-order chi connectivity index (χ0) is 34.3. The maximum Gasteiger partial charge on any atom is 0.456 e. The average Bonchev–Trinajstić information content (AvgIpc) is 3.28. The molecular formula is C36H49F5N2O4. The molecule has 4 fully saturated rings. The third kappa shape index (κ3) is 5.51. The Balaban J connectivity index is 1.40. The summed E-state index contributed by atoms with van der Waals surface area (Å²) in [4.78, 5) is 0. The molecule has 0 amide bonds. The van der Waals surface area contributed by atoms with Crippen LogP contribution in [0.3, 0.4) is 0 Å². The van der Waals surface area contributed by atoms with Crippen LogP contribution in [0.1, 0.15) is 96.1 Å². The molecule has 6 rings (SSSR count). The number of hydrogen-bond donors (Lipinski definition) is 4. The van der Waals surface area contributed by atoms with Crippen molar-refractivity contribution in [2.75, 3.05) is 19.8 Å². The minimum atomic E-state index is -5.89. The van der Waals surface area contributed by atoms with E-state index in [0.29, 0.717) is 57.8 Å². The Morgan fingerprint density at radius 2 is 1.62 bits per heavy atom. The van der Waals surface area contributed by atoms with Crippen molar-refractivity contribution in [2.45, 2.75) is 121 Å². The van der Waals surface area contributed by atoms with Gasteiger partial charge in [-0.25, -0.2) is 0 Å². The first-order chi connectivity index (χ1) is 21.8. The topological polar surface area (TPSA) is 83.0 Å². The van der Waals surface area contributed by atoms with Crippen LogP contribution in [0, 0.1) is 22.7 Å². The molecule has 262 valence electrons. The summed E-state index contributed by atoms with van der Waals surface area (Å²) < 4.78 is 85.1. The highest BCUT2D eigenvalue weighted by molar-refractivity contribution is 5.45. The molecule has 4 aliphatic carbocycles. The minimum absolute atomic E-state index is 0.0524. The molecule has 0 aromatic heterocycles. The van der Waals surface area contributed by atoms with E-state index in [9.17, 15) is 23.4 Å². The molecule has 4 N–H and O–H groups in total. The van der Waals surface area contributed by atoms with Gasteiger partial charge in [-0.3, -0.25) is 0 Å². The van der Waals surface area contributed by atoms with E-state index in [2.05, 4.69) is 31.1 Å². The summed E-state index contributed by atoms with van der Waals surface area (Å²) in [6.45, 7) is 13.6. The molecule has 0 bridgehead atoms. The second kappa shape index (κ2) is 11.4. The fraction of sp³-hybridized carbons (Fsp3) is 0.722. The molecule has 1 aromatic carbocycles. The van der Waals surface area contributed by atoms with Gasteiger partial charge in [0.25, 0.3) is 0 Å². The molecule has 1 aliphatic heterocycles. The first kappa shape index (κ1) is 34.6. The molecule has 5 unspecified atom stereocenters. The second-order valence-electron chi connectivity index (χ2n) is 15.8. The van der Waals surface area contributed by atoms with E-state index in [0.717, 1.165) is 22.3 Å².